The zero-order valence-corrected chi connectivity index (χ0v) is 30.9. The average Bonchev–Trinajstić information content (AvgIpc) is 3.84. The van der Waals surface area contributed by atoms with Crippen molar-refractivity contribution in [2.24, 2.45) is 5.41 Å². The van der Waals surface area contributed by atoms with Crippen molar-refractivity contribution in [3.8, 4) is 0 Å². The fraction of sp³-hybridized carbons (Fsp3) is 0.577. The SMILES string of the molecule is CC(C)(C)C(=O)OCSP1(=O)OCC2OC(n3cnc4c(N)ncnc43)C(F)[C@H]2OP(=O)(S)OC[C@H]2O[C@@H](n3cnc4c(N)ncnc43)C(O1)C2O. The molecule has 5 N–H and O–H groups in total. The third-order valence-corrected chi connectivity index (χ3v) is 13.2. The highest BCUT2D eigenvalue weighted by Crippen LogP contribution is 2.64. The molecule has 0 amide bonds. The highest BCUT2D eigenvalue weighted by molar-refractivity contribution is 8.55. The quantitative estimate of drug-likeness (QED) is 0.0976. The maximum absolute atomic E-state index is 16.3. The third kappa shape index (κ3) is 7.14. The van der Waals surface area contributed by atoms with Gasteiger partial charge in [0, 0.05) is 11.4 Å². The number of esters is 1. The highest BCUT2D eigenvalue weighted by atomic mass is 32.7. The molecule has 10 atom stereocenters. The van der Waals surface area contributed by atoms with Crippen LogP contribution < -0.4 is 11.5 Å². The van der Waals surface area contributed by atoms with Crippen molar-refractivity contribution in [2.45, 2.75) is 69.9 Å². The minimum absolute atomic E-state index is 0.0341. The number of aliphatic hydroxyl groups excluding tert-OH is 1. The van der Waals surface area contributed by atoms with Crippen LogP contribution in [0.2, 0.25) is 0 Å². The molecule has 3 saturated heterocycles. The summed E-state index contributed by atoms with van der Waals surface area (Å²) in [4.78, 5) is 37.1. The number of carbonyl (C=O) groups is 1. The number of halogens is 1. The van der Waals surface area contributed by atoms with Crippen molar-refractivity contribution in [1.29, 1.82) is 0 Å². The normalized spacial score (nSPS) is 34.4. The summed E-state index contributed by atoms with van der Waals surface area (Å²) in [5.74, 6) is -1.04. The van der Waals surface area contributed by atoms with Crippen LogP contribution in [0.4, 0.5) is 16.0 Å². The molecule has 0 radical (unpaired) electrons. The van der Waals surface area contributed by atoms with Gasteiger partial charge < -0.3 is 30.8 Å². The molecule has 4 aromatic heterocycles. The van der Waals surface area contributed by atoms with Gasteiger partial charge in [0.15, 0.2) is 41.6 Å². The second-order valence-corrected chi connectivity index (χ2v) is 19.7. The lowest BCUT2D eigenvalue weighted by atomic mass is 9.98. The van der Waals surface area contributed by atoms with Gasteiger partial charge in [0.25, 0.3) is 0 Å². The Kier molecular flexibility index (Phi) is 10.0. The fourth-order valence-electron chi connectivity index (χ4n) is 5.61. The fourth-order valence-corrected chi connectivity index (χ4v) is 9.87. The van der Waals surface area contributed by atoms with E-state index in [0.717, 1.165) is 6.33 Å². The Labute approximate surface area is 302 Å². The van der Waals surface area contributed by atoms with Crippen LogP contribution in [0.5, 0.6) is 0 Å². The largest absolute Gasteiger partial charge is 0.454 e. The Morgan fingerprint density at radius 3 is 2.13 bits per heavy atom. The molecule has 0 aliphatic carbocycles. The number of thiol groups is 1. The molecule has 4 aromatic rings. The van der Waals surface area contributed by atoms with E-state index in [4.69, 9.17) is 43.8 Å². The van der Waals surface area contributed by atoms with Crippen LogP contribution in [-0.2, 0) is 46.2 Å². The molecule has 0 spiro atoms. The molecule has 7 rings (SSSR count). The summed E-state index contributed by atoms with van der Waals surface area (Å²) in [6.45, 7) is -5.43. The van der Waals surface area contributed by atoms with E-state index in [1.165, 1.54) is 28.1 Å². The second-order valence-electron chi connectivity index (χ2n) is 12.8. The monoisotopic (exact) mass is 806 g/mol. The first-order chi connectivity index (χ1) is 24.6. The summed E-state index contributed by atoms with van der Waals surface area (Å²) in [6, 6.07) is 0. The molecule has 3 aliphatic rings. The van der Waals surface area contributed by atoms with E-state index in [-0.39, 0.29) is 34.0 Å². The molecule has 7 heterocycles. The summed E-state index contributed by atoms with van der Waals surface area (Å²) in [5, 5.41) is 11.5. The molecule has 2 bridgehead atoms. The van der Waals surface area contributed by atoms with Crippen LogP contribution in [0, 0.1) is 5.41 Å². The molecule has 26 heteroatoms. The topological polar surface area (TPSA) is 275 Å². The summed E-state index contributed by atoms with van der Waals surface area (Å²) in [7, 11) is 0. The number of rotatable bonds is 5. The number of nitrogen functional groups attached to an aromatic ring is 2. The number of ether oxygens (including phenoxy) is 3. The van der Waals surface area contributed by atoms with Gasteiger partial charge in [0.2, 0.25) is 0 Å². The molecule has 282 valence electrons. The molecule has 7 unspecified atom stereocenters. The Morgan fingerprint density at radius 1 is 0.942 bits per heavy atom. The van der Waals surface area contributed by atoms with Crippen LogP contribution in [0.3, 0.4) is 0 Å². The van der Waals surface area contributed by atoms with E-state index in [9.17, 15) is 19.0 Å². The second kappa shape index (κ2) is 14.0. The number of alkyl halides is 1. The minimum atomic E-state index is -4.54. The number of hydrogen-bond donors (Lipinski definition) is 4. The van der Waals surface area contributed by atoms with E-state index in [1.807, 2.05) is 0 Å². The van der Waals surface area contributed by atoms with Gasteiger partial charge in [0.1, 0.15) is 60.1 Å². The Morgan fingerprint density at radius 2 is 1.52 bits per heavy atom. The molecule has 3 fully saturated rings. The van der Waals surface area contributed by atoms with Gasteiger partial charge in [-0.05, 0) is 20.8 Å². The number of anilines is 2. The highest BCUT2D eigenvalue weighted by Gasteiger charge is 2.54. The third-order valence-electron chi connectivity index (χ3n) is 8.22. The predicted octanol–water partition coefficient (Wildman–Crippen LogP) is 2.57. The standard InChI is InChI=1S/C26H33FN10O11P2S2/c1-26(2,3)25(39)42-10-52-50(41)44-5-12-17(13(27)23(46-12)36-8-34-14-19(28)30-6-32-21(14)36)47-49(40,51)43-4-11-16(38)18(48-50)24(45-11)37-9-35-15-20(29)31-7-33-22(15)37/h6-9,11-13,16-18,23-24,38H,4-5,10H2,1-3H3,(H,40,51)(H2,28,30,32)(H2,29,31,33)/t11-,12?,13?,16?,17+,18?,23?,24-,49?,50?/m1/s1. The van der Waals surface area contributed by atoms with Crippen LogP contribution in [0.25, 0.3) is 22.3 Å². The number of nitrogens with zero attached hydrogens (tertiary/aromatic N) is 8. The number of aromatic nitrogens is 8. The Hall–Kier alpha value is -3.02. The number of carbonyl (C=O) groups excluding carboxylic acids is 1. The Balaban J connectivity index is 1.23. The summed E-state index contributed by atoms with van der Waals surface area (Å²) in [5.41, 5.74) is 11.6. The molecule has 0 aromatic carbocycles. The van der Waals surface area contributed by atoms with Gasteiger partial charge >= 0.3 is 19.6 Å². The molecule has 52 heavy (non-hydrogen) atoms. The van der Waals surface area contributed by atoms with Crippen molar-refractivity contribution < 1.29 is 55.7 Å². The lowest BCUT2D eigenvalue weighted by molar-refractivity contribution is -0.150. The molecule has 3 aliphatic heterocycles. The summed E-state index contributed by atoms with van der Waals surface area (Å²) < 4.78 is 87.6. The van der Waals surface area contributed by atoms with Crippen LogP contribution in [0.1, 0.15) is 33.2 Å². The van der Waals surface area contributed by atoms with Gasteiger partial charge in [-0.3, -0.25) is 32.0 Å². The number of nitrogens with two attached hydrogens (primary N) is 2. The molecular weight excluding hydrogens is 773 g/mol. The first-order valence-electron chi connectivity index (χ1n) is 15.4. The predicted molar refractivity (Wildman–Crippen MR) is 182 cm³/mol. The average molecular weight is 807 g/mol. The number of imidazole rings is 2. The molecule has 0 saturated carbocycles. The van der Waals surface area contributed by atoms with E-state index in [1.54, 1.807) is 20.8 Å². The van der Waals surface area contributed by atoms with E-state index < -0.39 is 93.3 Å². The minimum Gasteiger partial charge on any atom is -0.454 e. The zero-order chi connectivity index (χ0) is 37.2. The van der Waals surface area contributed by atoms with Crippen molar-refractivity contribution >= 4 is 77.2 Å². The first kappa shape index (κ1) is 37.3. The van der Waals surface area contributed by atoms with Crippen LogP contribution >= 0.6 is 37.2 Å². The number of hydrogen-bond acceptors (Lipinski definition) is 20. The van der Waals surface area contributed by atoms with E-state index >= 15 is 4.39 Å². The van der Waals surface area contributed by atoms with E-state index in [0.29, 0.717) is 11.4 Å². The van der Waals surface area contributed by atoms with Crippen molar-refractivity contribution in [3.05, 3.63) is 25.3 Å². The van der Waals surface area contributed by atoms with Crippen molar-refractivity contribution in [2.75, 3.05) is 30.6 Å². The first-order valence-corrected chi connectivity index (χ1v) is 21.3. The zero-order valence-electron chi connectivity index (χ0n) is 27.4. The van der Waals surface area contributed by atoms with Gasteiger partial charge in [-0.15, -0.1) is 0 Å². The van der Waals surface area contributed by atoms with Gasteiger partial charge in [-0.25, -0.2) is 43.4 Å². The van der Waals surface area contributed by atoms with Gasteiger partial charge in [0.05, 0.1) is 31.3 Å². The maximum Gasteiger partial charge on any atom is 0.392 e. The summed E-state index contributed by atoms with van der Waals surface area (Å²) >= 11 is 4.54. The number of fused-ring (bicyclic) bond motifs is 5. The van der Waals surface area contributed by atoms with Gasteiger partial charge in [-0.1, -0.05) is 12.2 Å². The molecule has 21 nitrogen and oxygen atoms in total. The van der Waals surface area contributed by atoms with Crippen molar-refractivity contribution in [1.82, 2.24) is 39.0 Å². The Bertz CT molecular complexity index is 2090. The van der Waals surface area contributed by atoms with Crippen molar-refractivity contribution in [3.63, 3.8) is 0 Å². The molecular formula is C26H33FN10O11P2S2. The maximum atomic E-state index is 16.3. The van der Waals surface area contributed by atoms with Crippen LogP contribution in [0.15, 0.2) is 25.3 Å². The smallest absolute Gasteiger partial charge is 0.392 e. The lowest BCUT2D eigenvalue weighted by Gasteiger charge is -2.28. The van der Waals surface area contributed by atoms with E-state index in [2.05, 4.69) is 42.2 Å². The van der Waals surface area contributed by atoms with Crippen LogP contribution in [-0.4, -0.2) is 106 Å². The lowest BCUT2D eigenvalue weighted by Crippen LogP contribution is -2.35. The van der Waals surface area contributed by atoms with Gasteiger partial charge in [-0.2, -0.15) is 0 Å². The number of aliphatic hydroxyl groups is 1. The summed E-state index contributed by atoms with van der Waals surface area (Å²) in [6.07, 6.45) is -7.59.